The highest BCUT2D eigenvalue weighted by Crippen LogP contribution is 2.14. The number of nitrogens with two attached hydrogens (primary N) is 1. The summed E-state index contributed by atoms with van der Waals surface area (Å²) in [6.07, 6.45) is 4.95. The molecule has 0 atom stereocenters. The van der Waals surface area contributed by atoms with E-state index in [-0.39, 0.29) is 24.0 Å². The molecule has 1 aliphatic rings. The fraction of sp³-hybridized carbons (Fsp3) is 0.923. The summed E-state index contributed by atoms with van der Waals surface area (Å²) in [5.74, 6) is 1.50. The molecule has 4 nitrogen and oxygen atoms in total. The van der Waals surface area contributed by atoms with Crippen molar-refractivity contribution in [2.75, 3.05) is 32.7 Å². The third kappa shape index (κ3) is 8.13. The van der Waals surface area contributed by atoms with Crippen LogP contribution in [-0.2, 0) is 0 Å². The maximum absolute atomic E-state index is 5.77. The Bertz CT molecular complexity index is 225. The van der Waals surface area contributed by atoms with Crippen LogP contribution in [0, 0.1) is 5.92 Å². The monoisotopic (exact) mass is 368 g/mol. The zero-order valence-corrected chi connectivity index (χ0v) is 14.2. The zero-order chi connectivity index (χ0) is 12.5. The molecule has 0 unspecified atom stereocenters. The van der Waals surface area contributed by atoms with E-state index < -0.39 is 0 Å². The van der Waals surface area contributed by atoms with Crippen LogP contribution >= 0.6 is 24.0 Å². The van der Waals surface area contributed by atoms with Crippen LogP contribution in [-0.4, -0.2) is 43.6 Å². The van der Waals surface area contributed by atoms with Gasteiger partial charge in [0.2, 0.25) is 0 Å². The Morgan fingerprint density at radius 1 is 1.39 bits per heavy atom. The Labute approximate surface area is 129 Å². The van der Waals surface area contributed by atoms with Crippen LogP contribution in [0.4, 0.5) is 0 Å². The summed E-state index contributed by atoms with van der Waals surface area (Å²) in [6.45, 7) is 9.80. The molecule has 1 fully saturated rings. The first-order valence-electron chi connectivity index (χ1n) is 6.98. The molecule has 1 saturated heterocycles. The molecule has 1 rings (SSSR count). The topological polar surface area (TPSA) is 53.6 Å². The molecule has 5 heteroatoms. The van der Waals surface area contributed by atoms with Gasteiger partial charge in [-0.05, 0) is 38.3 Å². The zero-order valence-electron chi connectivity index (χ0n) is 11.8. The largest absolute Gasteiger partial charge is 0.370 e. The minimum Gasteiger partial charge on any atom is -0.370 e. The fourth-order valence-electron chi connectivity index (χ4n) is 2.04. The van der Waals surface area contributed by atoms with E-state index in [1.807, 2.05) is 0 Å². The summed E-state index contributed by atoms with van der Waals surface area (Å²) >= 11 is 0. The highest BCUT2D eigenvalue weighted by Gasteiger charge is 2.14. The maximum atomic E-state index is 5.77. The van der Waals surface area contributed by atoms with Gasteiger partial charge in [0.25, 0.3) is 0 Å². The van der Waals surface area contributed by atoms with Gasteiger partial charge in [-0.15, -0.1) is 24.0 Å². The molecule has 0 bridgehead atoms. The Morgan fingerprint density at radius 2 is 2.06 bits per heavy atom. The second-order valence-corrected chi connectivity index (χ2v) is 5.07. The van der Waals surface area contributed by atoms with Crippen molar-refractivity contribution in [1.29, 1.82) is 0 Å². The number of likely N-dealkylation sites (tertiary alicyclic amines) is 1. The number of nitrogens with zero attached hydrogens (tertiary/aromatic N) is 2. The highest BCUT2D eigenvalue weighted by atomic mass is 127. The van der Waals surface area contributed by atoms with Crippen molar-refractivity contribution in [3.63, 3.8) is 0 Å². The van der Waals surface area contributed by atoms with E-state index in [0.29, 0.717) is 5.96 Å². The van der Waals surface area contributed by atoms with Crippen LogP contribution in [0.15, 0.2) is 4.99 Å². The Balaban J connectivity index is 0.00000289. The summed E-state index contributed by atoms with van der Waals surface area (Å²) in [5, 5.41) is 3.19. The van der Waals surface area contributed by atoms with Crippen LogP contribution in [0.1, 0.15) is 39.5 Å². The maximum Gasteiger partial charge on any atom is 0.188 e. The lowest BCUT2D eigenvalue weighted by Gasteiger charge is -2.30. The fourth-order valence-corrected chi connectivity index (χ4v) is 2.04. The van der Waals surface area contributed by atoms with Crippen LogP contribution in [0.5, 0.6) is 0 Å². The van der Waals surface area contributed by atoms with Crippen LogP contribution in [0.3, 0.4) is 0 Å². The lowest BCUT2D eigenvalue weighted by atomic mass is 9.99. The Kier molecular flexibility index (Phi) is 10.8. The van der Waals surface area contributed by atoms with Crippen LogP contribution < -0.4 is 11.1 Å². The number of rotatable bonds is 6. The molecule has 0 aliphatic carbocycles. The SMILES string of the molecule is CCCCN=C(N)NCCN1CCC(C)CC1.I. The average Bonchev–Trinajstić information content (AvgIpc) is 2.32. The van der Waals surface area contributed by atoms with Crippen molar-refractivity contribution < 1.29 is 0 Å². The summed E-state index contributed by atoms with van der Waals surface area (Å²) in [7, 11) is 0. The number of unbranched alkanes of at least 4 members (excludes halogenated alkanes) is 1. The molecule has 0 aromatic heterocycles. The number of aliphatic imine (C=N–C) groups is 1. The number of piperidine rings is 1. The second kappa shape index (κ2) is 10.8. The van der Waals surface area contributed by atoms with Gasteiger partial charge in [0.1, 0.15) is 0 Å². The lowest BCUT2D eigenvalue weighted by molar-refractivity contribution is 0.195. The quantitative estimate of drug-likeness (QED) is 0.327. The van der Waals surface area contributed by atoms with E-state index in [4.69, 9.17) is 5.73 Å². The molecule has 0 aromatic rings. The Hall–Kier alpha value is -0.0400. The van der Waals surface area contributed by atoms with E-state index in [1.54, 1.807) is 0 Å². The number of nitrogens with one attached hydrogen (secondary N) is 1. The molecule has 0 radical (unpaired) electrons. The molecule has 3 N–H and O–H groups in total. The van der Waals surface area contributed by atoms with E-state index >= 15 is 0 Å². The summed E-state index contributed by atoms with van der Waals surface area (Å²) < 4.78 is 0. The predicted molar refractivity (Wildman–Crippen MR) is 89.7 cm³/mol. The molecule has 0 amide bonds. The van der Waals surface area contributed by atoms with E-state index in [0.717, 1.165) is 32.0 Å². The number of guanidine groups is 1. The van der Waals surface area contributed by atoms with Crippen LogP contribution in [0.25, 0.3) is 0 Å². The van der Waals surface area contributed by atoms with E-state index in [2.05, 4.69) is 29.1 Å². The summed E-state index contributed by atoms with van der Waals surface area (Å²) in [5.41, 5.74) is 5.77. The van der Waals surface area contributed by atoms with Gasteiger partial charge in [0, 0.05) is 19.6 Å². The normalized spacial score (nSPS) is 18.4. The van der Waals surface area contributed by atoms with Crippen molar-refractivity contribution in [3.8, 4) is 0 Å². The van der Waals surface area contributed by atoms with Gasteiger partial charge < -0.3 is 16.0 Å². The van der Waals surface area contributed by atoms with Gasteiger partial charge in [-0.1, -0.05) is 20.3 Å². The molecule has 0 saturated carbocycles. The summed E-state index contributed by atoms with van der Waals surface area (Å²) in [4.78, 5) is 6.78. The predicted octanol–water partition coefficient (Wildman–Crippen LogP) is 2.04. The van der Waals surface area contributed by atoms with E-state index in [1.165, 1.54) is 32.4 Å². The molecule has 108 valence electrons. The first-order valence-corrected chi connectivity index (χ1v) is 6.98. The van der Waals surface area contributed by atoms with Gasteiger partial charge in [0.15, 0.2) is 5.96 Å². The van der Waals surface area contributed by atoms with Gasteiger partial charge in [-0.2, -0.15) is 0 Å². The van der Waals surface area contributed by atoms with Crippen molar-refractivity contribution in [2.45, 2.75) is 39.5 Å². The van der Waals surface area contributed by atoms with E-state index in [9.17, 15) is 0 Å². The molecule has 0 aromatic carbocycles. The van der Waals surface area contributed by atoms with Crippen LogP contribution in [0.2, 0.25) is 0 Å². The van der Waals surface area contributed by atoms with Gasteiger partial charge in [0.05, 0.1) is 0 Å². The highest BCUT2D eigenvalue weighted by molar-refractivity contribution is 14.0. The molecule has 1 aliphatic heterocycles. The number of hydrogen-bond donors (Lipinski definition) is 2. The minimum absolute atomic E-state index is 0. The molecule has 1 heterocycles. The second-order valence-electron chi connectivity index (χ2n) is 5.07. The van der Waals surface area contributed by atoms with Crippen molar-refractivity contribution >= 4 is 29.9 Å². The molecular formula is C13H29IN4. The Morgan fingerprint density at radius 3 is 2.67 bits per heavy atom. The van der Waals surface area contributed by atoms with Crippen molar-refractivity contribution in [2.24, 2.45) is 16.6 Å². The first-order chi connectivity index (χ1) is 8.22. The standard InChI is InChI=1S/C13H28N4.HI/c1-3-4-7-15-13(14)16-8-11-17-9-5-12(2)6-10-17;/h12H,3-11H2,1-2H3,(H3,14,15,16);1H. The summed E-state index contributed by atoms with van der Waals surface area (Å²) in [6, 6.07) is 0. The lowest BCUT2D eigenvalue weighted by Crippen LogP contribution is -2.41. The molecular weight excluding hydrogens is 339 g/mol. The minimum atomic E-state index is 0. The average molecular weight is 368 g/mol. The molecule has 18 heavy (non-hydrogen) atoms. The first kappa shape index (κ1) is 18.0. The number of halogens is 1. The van der Waals surface area contributed by atoms with Gasteiger partial charge >= 0.3 is 0 Å². The number of hydrogen-bond acceptors (Lipinski definition) is 2. The van der Waals surface area contributed by atoms with Crippen molar-refractivity contribution in [3.05, 3.63) is 0 Å². The molecule has 0 spiro atoms. The third-order valence-corrected chi connectivity index (χ3v) is 3.40. The smallest absolute Gasteiger partial charge is 0.188 e. The third-order valence-electron chi connectivity index (χ3n) is 3.40. The van der Waals surface area contributed by atoms with Gasteiger partial charge in [-0.3, -0.25) is 4.99 Å². The van der Waals surface area contributed by atoms with Crippen molar-refractivity contribution in [1.82, 2.24) is 10.2 Å². The van der Waals surface area contributed by atoms with Gasteiger partial charge in [-0.25, -0.2) is 0 Å².